The van der Waals surface area contributed by atoms with Crippen LogP contribution in [0.15, 0.2) is 24.3 Å². The molecule has 0 radical (unpaired) electrons. The van der Waals surface area contributed by atoms with Crippen molar-refractivity contribution in [3.63, 3.8) is 0 Å². The van der Waals surface area contributed by atoms with E-state index in [1.807, 2.05) is 25.1 Å². The van der Waals surface area contributed by atoms with Crippen molar-refractivity contribution in [1.29, 1.82) is 0 Å². The van der Waals surface area contributed by atoms with Gasteiger partial charge >= 0.3 is 0 Å². The highest BCUT2D eigenvalue weighted by Crippen LogP contribution is 2.27. The van der Waals surface area contributed by atoms with E-state index in [0.29, 0.717) is 11.5 Å². The van der Waals surface area contributed by atoms with Crippen LogP contribution >= 0.6 is 0 Å². The first kappa shape index (κ1) is 11.6. The Labute approximate surface area is 101 Å². The van der Waals surface area contributed by atoms with Crippen molar-refractivity contribution < 1.29 is 4.79 Å². The second-order valence-corrected chi connectivity index (χ2v) is 4.48. The number of nitrogens with one attached hydrogen (secondary N) is 1. The first-order valence-electron chi connectivity index (χ1n) is 5.74. The number of imidazole rings is 1. The fourth-order valence-electron chi connectivity index (χ4n) is 1.91. The number of hydrogen-bond donors (Lipinski definition) is 1. The third-order valence-electron chi connectivity index (χ3n) is 2.72. The highest BCUT2D eigenvalue weighted by atomic mass is 16.1. The van der Waals surface area contributed by atoms with Gasteiger partial charge in [0, 0.05) is 16.8 Å². The van der Waals surface area contributed by atoms with Gasteiger partial charge in [-0.1, -0.05) is 32.0 Å². The molecule has 0 aliphatic carbocycles. The molecule has 3 heteroatoms. The van der Waals surface area contributed by atoms with Crippen molar-refractivity contribution >= 4 is 6.29 Å². The smallest absolute Gasteiger partial charge is 0.150 e. The number of hydrogen-bond acceptors (Lipinski definition) is 2. The van der Waals surface area contributed by atoms with Crippen LogP contribution in [-0.2, 0) is 0 Å². The molecule has 0 saturated heterocycles. The standard InChI is InChI=1S/C14H16N2O/c1-9(2)13-14(16-10(3)15-13)12-6-4-5-11(7-12)8-17/h4-9H,1-3H3,(H,15,16). The maximum Gasteiger partial charge on any atom is 0.150 e. The molecule has 2 aromatic rings. The number of aldehydes is 1. The summed E-state index contributed by atoms with van der Waals surface area (Å²) in [5.41, 5.74) is 3.73. The molecule has 88 valence electrons. The van der Waals surface area contributed by atoms with Gasteiger partial charge in [0.25, 0.3) is 0 Å². The number of aromatic nitrogens is 2. The Balaban J connectivity index is 2.55. The van der Waals surface area contributed by atoms with E-state index >= 15 is 0 Å². The number of H-pyrrole nitrogens is 1. The SMILES string of the molecule is Cc1nc(-c2cccc(C=O)c2)c(C(C)C)[nH]1. The van der Waals surface area contributed by atoms with Crippen LogP contribution in [0.1, 0.15) is 41.6 Å². The molecule has 1 N–H and O–H groups in total. The third-order valence-corrected chi connectivity index (χ3v) is 2.72. The highest BCUT2D eigenvalue weighted by molar-refractivity contribution is 5.78. The number of benzene rings is 1. The van der Waals surface area contributed by atoms with E-state index < -0.39 is 0 Å². The lowest BCUT2D eigenvalue weighted by molar-refractivity contribution is 0.112. The van der Waals surface area contributed by atoms with Crippen LogP contribution in [0.3, 0.4) is 0 Å². The summed E-state index contributed by atoms with van der Waals surface area (Å²) in [6.45, 7) is 6.19. The molecule has 0 atom stereocenters. The van der Waals surface area contributed by atoms with E-state index in [1.165, 1.54) is 0 Å². The maximum atomic E-state index is 10.8. The third kappa shape index (κ3) is 2.28. The van der Waals surface area contributed by atoms with Crippen LogP contribution in [0.4, 0.5) is 0 Å². The Kier molecular flexibility index (Phi) is 3.09. The molecule has 0 unspecified atom stereocenters. The highest BCUT2D eigenvalue weighted by Gasteiger charge is 2.13. The molecular weight excluding hydrogens is 212 g/mol. The predicted octanol–water partition coefficient (Wildman–Crippen LogP) is 3.32. The molecule has 3 nitrogen and oxygen atoms in total. The van der Waals surface area contributed by atoms with Crippen LogP contribution in [0.25, 0.3) is 11.3 Å². The Bertz CT molecular complexity index is 541. The predicted molar refractivity (Wildman–Crippen MR) is 68.2 cm³/mol. The van der Waals surface area contributed by atoms with Crippen molar-refractivity contribution in [1.82, 2.24) is 9.97 Å². The van der Waals surface area contributed by atoms with Gasteiger partial charge in [-0.25, -0.2) is 4.98 Å². The molecule has 0 amide bonds. The zero-order valence-electron chi connectivity index (χ0n) is 10.3. The average molecular weight is 228 g/mol. The van der Waals surface area contributed by atoms with Gasteiger partial charge in [-0.3, -0.25) is 4.79 Å². The topological polar surface area (TPSA) is 45.8 Å². The summed E-state index contributed by atoms with van der Waals surface area (Å²) >= 11 is 0. The molecule has 0 saturated carbocycles. The second kappa shape index (κ2) is 4.53. The van der Waals surface area contributed by atoms with Gasteiger partial charge in [0.1, 0.15) is 12.1 Å². The van der Waals surface area contributed by atoms with Gasteiger partial charge in [-0.15, -0.1) is 0 Å². The van der Waals surface area contributed by atoms with E-state index in [-0.39, 0.29) is 0 Å². The minimum Gasteiger partial charge on any atom is -0.345 e. The van der Waals surface area contributed by atoms with E-state index in [0.717, 1.165) is 29.1 Å². The summed E-state index contributed by atoms with van der Waals surface area (Å²) in [5.74, 6) is 1.28. The van der Waals surface area contributed by atoms with E-state index in [1.54, 1.807) is 6.07 Å². The summed E-state index contributed by atoms with van der Waals surface area (Å²) in [7, 11) is 0. The summed E-state index contributed by atoms with van der Waals surface area (Å²) < 4.78 is 0. The van der Waals surface area contributed by atoms with Crippen molar-refractivity contribution in [3.05, 3.63) is 41.3 Å². The molecule has 2 rings (SSSR count). The summed E-state index contributed by atoms with van der Waals surface area (Å²) in [6, 6.07) is 7.53. The second-order valence-electron chi connectivity index (χ2n) is 4.48. The Morgan fingerprint density at radius 2 is 2.12 bits per heavy atom. The lowest BCUT2D eigenvalue weighted by Gasteiger charge is -2.06. The first-order valence-corrected chi connectivity index (χ1v) is 5.74. The Morgan fingerprint density at radius 3 is 2.76 bits per heavy atom. The molecule has 17 heavy (non-hydrogen) atoms. The van der Waals surface area contributed by atoms with Crippen molar-refractivity contribution in [2.75, 3.05) is 0 Å². The van der Waals surface area contributed by atoms with Gasteiger partial charge in [0.2, 0.25) is 0 Å². The van der Waals surface area contributed by atoms with Crippen LogP contribution in [0.5, 0.6) is 0 Å². The number of nitrogens with zero attached hydrogens (tertiary/aromatic N) is 1. The number of carbonyl (C=O) groups is 1. The molecule has 0 fully saturated rings. The summed E-state index contributed by atoms with van der Waals surface area (Å²) in [6.07, 6.45) is 0.859. The zero-order valence-corrected chi connectivity index (χ0v) is 10.3. The molecular formula is C14H16N2O. The number of rotatable bonds is 3. The van der Waals surface area contributed by atoms with Crippen molar-refractivity contribution in [3.8, 4) is 11.3 Å². The van der Waals surface area contributed by atoms with E-state index in [9.17, 15) is 4.79 Å². The largest absolute Gasteiger partial charge is 0.345 e. The lowest BCUT2D eigenvalue weighted by atomic mass is 10.0. The molecule has 1 aromatic carbocycles. The van der Waals surface area contributed by atoms with Crippen LogP contribution in [0.2, 0.25) is 0 Å². The molecule has 1 aromatic heterocycles. The number of aromatic amines is 1. The number of aryl methyl sites for hydroxylation is 1. The van der Waals surface area contributed by atoms with Gasteiger partial charge in [0.05, 0.1) is 5.69 Å². The monoisotopic (exact) mass is 228 g/mol. The van der Waals surface area contributed by atoms with Gasteiger partial charge in [-0.05, 0) is 18.9 Å². The van der Waals surface area contributed by atoms with E-state index in [4.69, 9.17) is 0 Å². The summed E-state index contributed by atoms with van der Waals surface area (Å²) in [4.78, 5) is 18.6. The fraction of sp³-hybridized carbons (Fsp3) is 0.286. The normalized spacial score (nSPS) is 10.8. The van der Waals surface area contributed by atoms with E-state index in [2.05, 4.69) is 23.8 Å². The van der Waals surface area contributed by atoms with Gasteiger partial charge in [-0.2, -0.15) is 0 Å². The molecule has 0 aliphatic rings. The minimum absolute atomic E-state index is 0.381. The Hall–Kier alpha value is -1.90. The average Bonchev–Trinajstić information content (AvgIpc) is 2.72. The molecule has 0 spiro atoms. The van der Waals surface area contributed by atoms with Crippen LogP contribution in [0, 0.1) is 6.92 Å². The quantitative estimate of drug-likeness (QED) is 0.819. The first-order chi connectivity index (χ1) is 8.11. The van der Waals surface area contributed by atoms with Crippen molar-refractivity contribution in [2.24, 2.45) is 0 Å². The van der Waals surface area contributed by atoms with Crippen LogP contribution in [-0.4, -0.2) is 16.3 Å². The lowest BCUT2D eigenvalue weighted by Crippen LogP contribution is -1.92. The zero-order chi connectivity index (χ0) is 12.4. The molecule has 1 heterocycles. The van der Waals surface area contributed by atoms with Crippen molar-refractivity contribution in [2.45, 2.75) is 26.7 Å². The maximum absolute atomic E-state index is 10.8. The summed E-state index contributed by atoms with van der Waals surface area (Å²) in [5, 5.41) is 0. The molecule has 0 bridgehead atoms. The van der Waals surface area contributed by atoms with Gasteiger partial charge in [0.15, 0.2) is 0 Å². The molecule has 0 aliphatic heterocycles. The van der Waals surface area contributed by atoms with Gasteiger partial charge < -0.3 is 4.98 Å². The van der Waals surface area contributed by atoms with Crippen LogP contribution < -0.4 is 0 Å². The minimum atomic E-state index is 0.381. The Morgan fingerprint density at radius 1 is 1.35 bits per heavy atom. The number of carbonyl (C=O) groups excluding carboxylic acids is 1. The fourth-order valence-corrected chi connectivity index (χ4v) is 1.91.